The molecule has 0 amide bonds. The highest BCUT2D eigenvalue weighted by Crippen LogP contribution is 2.20. The van der Waals surface area contributed by atoms with Crippen LogP contribution in [0.4, 0.5) is 0 Å². The van der Waals surface area contributed by atoms with Crippen molar-refractivity contribution in [2.45, 2.75) is 32.0 Å². The van der Waals surface area contributed by atoms with E-state index in [4.69, 9.17) is 15.4 Å². The van der Waals surface area contributed by atoms with E-state index in [1.165, 1.54) is 0 Å². The fraction of sp³-hybridized carbons (Fsp3) is 1.00. The summed E-state index contributed by atoms with van der Waals surface area (Å²) < 4.78 is 5.71. The zero-order valence-electron chi connectivity index (χ0n) is 9.96. The second kappa shape index (κ2) is 6.06. The highest BCUT2D eigenvalue weighted by Gasteiger charge is 2.32. The fourth-order valence-corrected chi connectivity index (χ4v) is 2.09. The summed E-state index contributed by atoms with van der Waals surface area (Å²) in [6, 6.07) is 0. The van der Waals surface area contributed by atoms with Crippen molar-refractivity contribution in [1.82, 2.24) is 4.90 Å². The molecular weight excluding hydrogens is 208 g/mol. The third-order valence-electron chi connectivity index (χ3n) is 2.55. The predicted molar refractivity (Wildman–Crippen MR) is 61.1 cm³/mol. The average Bonchev–Trinajstić information content (AvgIpc) is 2.22. The van der Waals surface area contributed by atoms with Crippen molar-refractivity contribution >= 4 is 0 Å². The lowest BCUT2D eigenvalue weighted by Crippen LogP contribution is -2.53. The molecule has 1 unspecified atom stereocenters. The number of morpholine rings is 1. The van der Waals surface area contributed by atoms with Gasteiger partial charge in [0.1, 0.15) is 0 Å². The highest BCUT2D eigenvalue weighted by molar-refractivity contribution is 4.83. The highest BCUT2D eigenvalue weighted by atomic mass is 16.5. The summed E-state index contributed by atoms with van der Waals surface area (Å²) in [7, 11) is 0. The van der Waals surface area contributed by atoms with E-state index in [2.05, 4.69) is 14.9 Å². The maximum absolute atomic E-state index is 9.13. The van der Waals surface area contributed by atoms with E-state index < -0.39 is 0 Å². The molecule has 0 aromatic heterocycles. The first kappa shape index (κ1) is 13.3. The minimum absolute atomic E-state index is 0.0519. The third kappa shape index (κ3) is 4.37. The van der Waals surface area contributed by atoms with Gasteiger partial charge in [-0.1, -0.05) is 5.11 Å². The Bertz CT molecular complexity index is 264. The zero-order chi connectivity index (χ0) is 12.0. The van der Waals surface area contributed by atoms with Gasteiger partial charge >= 0.3 is 0 Å². The monoisotopic (exact) mass is 228 g/mol. The molecule has 1 aliphatic rings. The van der Waals surface area contributed by atoms with E-state index in [-0.39, 0.29) is 18.3 Å². The summed E-state index contributed by atoms with van der Waals surface area (Å²) in [5.74, 6) is 0. The molecule has 1 aliphatic heterocycles. The van der Waals surface area contributed by atoms with E-state index in [1.807, 2.05) is 13.8 Å². The first-order valence-corrected chi connectivity index (χ1v) is 5.59. The molecule has 1 N–H and O–H groups in total. The van der Waals surface area contributed by atoms with Crippen LogP contribution in [0.25, 0.3) is 10.4 Å². The van der Waals surface area contributed by atoms with E-state index in [0.29, 0.717) is 6.54 Å². The van der Waals surface area contributed by atoms with Crippen LogP contribution in [0.5, 0.6) is 0 Å². The number of ether oxygens (including phenoxy) is 1. The Morgan fingerprint density at radius 1 is 1.62 bits per heavy atom. The molecule has 16 heavy (non-hydrogen) atoms. The molecule has 1 saturated heterocycles. The van der Waals surface area contributed by atoms with Gasteiger partial charge in [-0.3, -0.25) is 4.90 Å². The number of rotatable bonds is 5. The third-order valence-corrected chi connectivity index (χ3v) is 2.55. The first-order chi connectivity index (χ1) is 7.57. The topological polar surface area (TPSA) is 81.5 Å². The van der Waals surface area contributed by atoms with Gasteiger partial charge in [-0.2, -0.15) is 0 Å². The van der Waals surface area contributed by atoms with Crippen LogP contribution in [0.15, 0.2) is 5.11 Å². The molecule has 1 rings (SSSR count). The lowest BCUT2D eigenvalue weighted by atomic mass is 10.1. The molecular formula is C10H20N4O2. The molecule has 0 radical (unpaired) electrons. The summed E-state index contributed by atoms with van der Waals surface area (Å²) in [5, 5.41) is 12.6. The molecule has 0 aliphatic carbocycles. The fourth-order valence-electron chi connectivity index (χ4n) is 2.09. The molecule has 6 heteroatoms. The number of aliphatic hydroxyl groups excluding tert-OH is 1. The van der Waals surface area contributed by atoms with Crippen LogP contribution < -0.4 is 0 Å². The standard InChI is InChI=1S/C10H20N4O2/c1-10(2)8-14(5-3-4-12-13-11)6-9(7-15)16-10/h9,15H,3-8H2,1-2H3. The largest absolute Gasteiger partial charge is 0.394 e. The minimum atomic E-state index is -0.218. The van der Waals surface area contributed by atoms with Crippen molar-refractivity contribution in [3.8, 4) is 0 Å². The number of azide groups is 1. The van der Waals surface area contributed by atoms with E-state index in [9.17, 15) is 0 Å². The summed E-state index contributed by atoms with van der Waals surface area (Å²) >= 11 is 0. The van der Waals surface area contributed by atoms with Crippen molar-refractivity contribution in [3.05, 3.63) is 10.4 Å². The molecule has 0 saturated carbocycles. The Morgan fingerprint density at radius 3 is 3.00 bits per heavy atom. The Kier molecular flexibility index (Phi) is 5.02. The zero-order valence-corrected chi connectivity index (χ0v) is 9.96. The first-order valence-electron chi connectivity index (χ1n) is 5.59. The lowest BCUT2D eigenvalue weighted by molar-refractivity contribution is -0.148. The van der Waals surface area contributed by atoms with Crippen LogP contribution in [0.3, 0.4) is 0 Å². The Hall–Kier alpha value is -0.810. The number of nitrogens with zero attached hydrogens (tertiary/aromatic N) is 4. The molecule has 92 valence electrons. The Labute approximate surface area is 95.8 Å². The SMILES string of the molecule is CC1(C)CN(CCCN=[N+]=[N-])CC(CO)O1. The van der Waals surface area contributed by atoms with E-state index in [0.717, 1.165) is 26.1 Å². The van der Waals surface area contributed by atoms with Crippen molar-refractivity contribution in [2.75, 3.05) is 32.8 Å². The predicted octanol–water partition coefficient (Wildman–Crippen LogP) is 1.16. The maximum Gasteiger partial charge on any atom is 0.0940 e. The Balaban J connectivity index is 2.37. The minimum Gasteiger partial charge on any atom is -0.394 e. The number of aliphatic hydroxyl groups is 1. The van der Waals surface area contributed by atoms with Crippen LogP contribution in [0, 0.1) is 0 Å². The molecule has 1 atom stereocenters. The second-order valence-corrected chi connectivity index (χ2v) is 4.73. The molecule has 0 bridgehead atoms. The van der Waals surface area contributed by atoms with E-state index >= 15 is 0 Å². The molecule has 6 nitrogen and oxygen atoms in total. The Morgan fingerprint density at radius 2 is 2.38 bits per heavy atom. The van der Waals surface area contributed by atoms with Crippen LogP contribution in [-0.4, -0.2) is 54.5 Å². The molecule has 0 spiro atoms. The van der Waals surface area contributed by atoms with E-state index in [1.54, 1.807) is 0 Å². The summed E-state index contributed by atoms with van der Waals surface area (Å²) in [6.45, 7) is 7.09. The molecule has 1 heterocycles. The van der Waals surface area contributed by atoms with Gasteiger partial charge in [-0.25, -0.2) is 0 Å². The van der Waals surface area contributed by atoms with Crippen LogP contribution >= 0.6 is 0 Å². The van der Waals surface area contributed by atoms with Crippen molar-refractivity contribution in [3.63, 3.8) is 0 Å². The number of hydrogen-bond donors (Lipinski definition) is 1. The van der Waals surface area contributed by atoms with Gasteiger partial charge in [0, 0.05) is 24.5 Å². The summed E-state index contributed by atoms with van der Waals surface area (Å²) in [4.78, 5) is 4.97. The molecule has 0 aromatic rings. The number of hydrogen-bond acceptors (Lipinski definition) is 4. The van der Waals surface area contributed by atoms with Gasteiger partial charge in [-0.15, -0.1) is 0 Å². The normalized spacial score (nSPS) is 25.1. The summed E-state index contributed by atoms with van der Waals surface area (Å²) in [6.07, 6.45) is 0.737. The quantitative estimate of drug-likeness (QED) is 0.332. The van der Waals surface area contributed by atoms with Crippen molar-refractivity contribution in [2.24, 2.45) is 5.11 Å². The van der Waals surface area contributed by atoms with Gasteiger partial charge in [0.15, 0.2) is 0 Å². The van der Waals surface area contributed by atoms with Crippen LogP contribution in [0.1, 0.15) is 20.3 Å². The second-order valence-electron chi connectivity index (χ2n) is 4.73. The van der Waals surface area contributed by atoms with Crippen molar-refractivity contribution in [1.29, 1.82) is 0 Å². The van der Waals surface area contributed by atoms with Gasteiger partial charge in [-0.05, 0) is 32.3 Å². The summed E-state index contributed by atoms with van der Waals surface area (Å²) in [5.41, 5.74) is 7.94. The molecule has 1 fully saturated rings. The van der Waals surface area contributed by atoms with Gasteiger partial charge in [0.05, 0.1) is 18.3 Å². The van der Waals surface area contributed by atoms with Crippen LogP contribution in [0.2, 0.25) is 0 Å². The van der Waals surface area contributed by atoms with Gasteiger partial charge in [0.25, 0.3) is 0 Å². The lowest BCUT2D eigenvalue weighted by Gasteiger charge is -2.42. The van der Waals surface area contributed by atoms with Crippen molar-refractivity contribution < 1.29 is 9.84 Å². The van der Waals surface area contributed by atoms with Gasteiger partial charge in [0.2, 0.25) is 0 Å². The average molecular weight is 228 g/mol. The smallest absolute Gasteiger partial charge is 0.0940 e. The van der Waals surface area contributed by atoms with Crippen LogP contribution in [-0.2, 0) is 4.74 Å². The maximum atomic E-state index is 9.13. The molecule has 0 aromatic carbocycles. The van der Waals surface area contributed by atoms with Gasteiger partial charge < -0.3 is 9.84 Å².